The van der Waals surface area contributed by atoms with E-state index >= 15 is 0 Å². The van der Waals surface area contributed by atoms with Crippen LogP contribution in [-0.2, 0) is 32.7 Å². The van der Waals surface area contributed by atoms with Crippen LogP contribution in [0.1, 0.15) is 309 Å². The van der Waals surface area contributed by atoms with E-state index in [2.05, 4.69) is 184 Å². The van der Waals surface area contributed by atoms with E-state index in [1.165, 1.54) is 128 Å². The Bertz CT molecular complexity index is 2140. The Morgan fingerprint density at radius 2 is 0.559 bits per heavy atom. The van der Waals surface area contributed by atoms with Crippen LogP contribution in [0.15, 0.2) is 170 Å². The number of esters is 2. The van der Waals surface area contributed by atoms with Crippen LogP contribution in [0.5, 0.6) is 0 Å². The number of carbonyl (C=O) groups excluding carboxylic acids is 2. The van der Waals surface area contributed by atoms with Crippen molar-refractivity contribution in [1.82, 2.24) is 0 Å². The fourth-order valence-corrected chi connectivity index (χ4v) is 10.9. The molecule has 0 bridgehead atoms. The molecule has 0 amide bonds. The largest absolute Gasteiger partial charge is 0.472 e. The van der Waals surface area contributed by atoms with Crippen molar-refractivity contribution >= 4 is 19.8 Å². The lowest BCUT2D eigenvalue weighted by atomic mass is 10.0. The summed E-state index contributed by atoms with van der Waals surface area (Å²) < 4.78 is 33.2. The van der Waals surface area contributed by atoms with Crippen molar-refractivity contribution in [2.24, 2.45) is 5.73 Å². The van der Waals surface area contributed by atoms with Gasteiger partial charge in [0.15, 0.2) is 6.10 Å². The van der Waals surface area contributed by atoms with Gasteiger partial charge >= 0.3 is 19.8 Å². The van der Waals surface area contributed by atoms with Crippen LogP contribution in [0, 0.1) is 0 Å². The first kappa shape index (κ1) is 88.4. The molecule has 0 aliphatic carbocycles. The molecule has 0 saturated carbocycles. The van der Waals surface area contributed by atoms with Crippen LogP contribution in [0.3, 0.4) is 0 Å². The van der Waals surface area contributed by atoms with Crippen molar-refractivity contribution < 1.29 is 37.6 Å². The molecule has 9 nitrogen and oxygen atoms in total. The molecule has 0 rings (SSSR count). The highest BCUT2D eigenvalue weighted by Gasteiger charge is 2.26. The number of phosphoric acid groups is 1. The van der Waals surface area contributed by atoms with Crippen LogP contribution in [-0.4, -0.2) is 49.3 Å². The Morgan fingerprint density at radius 1 is 0.323 bits per heavy atom. The Morgan fingerprint density at radius 3 is 0.828 bits per heavy atom. The number of nitrogens with two attached hydrogens (primary N) is 1. The van der Waals surface area contributed by atoms with Gasteiger partial charge < -0.3 is 20.1 Å². The minimum Gasteiger partial charge on any atom is -0.462 e. The minimum atomic E-state index is -4.41. The average Bonchev–Trinajstić information content (AvgIpc) is 3.70. The van der Waals surface area contributed by atoms with Crippen molar-refractivity contribution in [1.29, 1.82) is 0 Å². The van der Waals surface area contributed by atoms with E-state index in [4.69, 9.17) is 24.3 Å². The first-order valence-electron chi connectivity index (χ1n) is 37.6. The van der Waals surface area contributed by atoms with Crippen molar-refractivity contribution in [3.63, 3.8) is 0 Å². The molecule has 0 aromatic rings. The standard InChI is InChI=1S/C83H138NO8P/c1-3-5-7-9-11-13-15-17-19-21-23-25-27-29-31-33-35-36-37-38-39-40-41-42-43-44-46-47-49-51-53-55-57-59-61-63-65-67-69-71-73-75-82(85)89-79-81(80-91-93(87,88)90-78-77-84)92-83(86)76-74-72-70-68-66-64-62-60-58-56-54-52-50-48-45-34-32-30-28-26-24-22-20-18-16-14-12-10-8-6-4-2/h5-8,11-14,17-20,23-26,29-32,35-36,45,48,52,54,58,60,81H,3-4,9-10,15-16,21-22,27-28,33-34,37-44,46-47,49-51,53,55-57,59,61-80,84H2,1-2H3,(H,87,88)/b7-5-,8-6-,13-11-,14-12-,19-17-,20-18-,25-23-,26-24-,31-29-,32-30-,36-35-,48-45-,54-52-,60-58-. The molecule has 0 radical (unpaired) electrons. The molecule has 0 fully saturated rings. The number of rotatable bonds is 69. The molecule has 0 aliphatic heterocycles. The Hall–Kier alpha value is -4.63. The number of unbranched alkanes of at least 4 members (excludes halogenated alkanes) is 28. The van der Waals surface area contributed by atoms with Crippen molar-refractivity contribution in [2.75, 3.05) is 26.4 Å². The lowest BCUT2D eigenvalue weighted by Gasteiger charge is -2.19. The number of hydrogen-bond acceptors (Lipinski definition) is 8. The van der Waals surface area contributed by atoms with Crippen LogP contribution in [0.25, 0.3) is 0 Å². The maximum Gasteiger partial charge on any atom is 0.472 e. The zero-order valence-electron chi connectivity index (χ0n) is 59.4. The van der Waals surface area contributed by atoms with E-state index in [9.17, 15) is 19.0 Å². The summed E-state index contributed by atoms with van der Waals surface area (Å²) in [7, 11) is -4.41. The third-order valence-electron chi connectivity index (χ3n) is 15.6. The molecule has 528 valence electrons. The van der Waals surface area contributed by atoms with E-state index in [0.717, 1.165) is 148 Å². The third-order valence-corrected chi connectivity index (χ3v) is 16.6. The first-order valence-corrected chi connectivity index (χ1v) is 39.1. The maximum atomic E-state index is 12.8. The zero-order valence-corrected chi connectivity index (χ0v) is 60.3. The number of ether oxygens (including phenoxy) is 2. The van der Waals surface area contributed by atoms with Crippen LogP contribution < -0.4 is 5.73 Å². The number of carbonyl (C=O) groups is 2. The highest BCUT2D eigenvalue weighted by molar-refractivity contribution is 7.47. The molecule has 2 atom stereocenters. The number of allylic oxidation sites excluding steroid dienone is 28. The molecular weight excluding hydrogens is 1170 g/mol. The number of hydrogen-bond donors (Lipinski definition) is 2. The van der Waals surface area contributed by atoms with Crippen LogP contribution in [0.4, 0.5) is 0 Å². The van der Waals surface area contributed by atoms with E-state index in [0.29, 0.717) is 6.42 Å². The van der Waals surface area contributed by atoms with Gasteiger partial charge in [-0.1, -0.05) is 338 Å². The molecule has 0 saturated heterocycles. The molecule has 0 aromatic heterocycles. The summed E-state index contributed by atoms with van der Waals surface area (Å²) in [6, 6.07) is 0. The van der Waals surface area contributed by atoms with Gasteiger partial charge in [-0.3, -0.25) is 18.6 Å². The highest BCUT2D eigenvalue weighted by atomic mass is 31.2. The summed E-state index contributed by atoms with van der Waals surface area (Å²) in [6.45, 7) is 3.51. The topological polar surface area (TPSA) is 134 Å². The van der Waals surface area contributed by atoms with Crippen LogP contribution >= 0.6 is 7.82 Å². The SMILES string of the molecule is CC/C=C\C/C=C\C/C=C\C/C=C\C/C=C\C/C=C\C/C=C\C/C=C\CCCCCCCCC(=O)OC(COC(=O)CCCCCCCCCCCCCCCCCCCCCCCC/C=C\C/C=C\C/C=C\C/C=C\C/C=C\C/C=C\CC)COP(=O)(O)OCCN. The maximum absolute atomic E-state index is 12.8. The second-order valence-corrected chi connectivity index (χ2v) is 25.9. The summed E-state index contributed by atoms with van der Waals surface area (Å²) in [4.78, 5) is 35.4. The van der Waals surface area contributed by atoms with Gasteiger partial charge in [0.2, 0.25) is 0 Å². The Balaban J connectivity index is 3.88. The second kappa shape index (κ2) is 76.4. The van der Waals surface area contributed by atoms with Gasteiger partial charge in [0.1, 0.15) is 6.61 Å². The summed E-state index contributed by atoms with van der Waals surface area (Å²) in [5.41, 5.74) is 5.41. The summed E-state index contributed by atoms with van der Waals surface area (Å²) in [6.07, 6.45) is 113. The molecule has 0 aromatic carbocycles. The minimum absolute atomic E-state index is 0.0442. The predicted molar refractivity (Wildman–Crippen MR) is 403 cm³/mol. The number of phosphoric ester groups is 1. The van der Waals surface area contributed by atoms with Gasteiger partial charge in [-0.25, -0.2) is 4.57 Å². The summed E-state index contributed by atoms with van der Waals surface area (Å²) in [5, 5.41) is 0. The zero-order chi connectivity index (χ0) is 67.2. The summed E-state index contributed by atoms with van der Waals surface area (Å²) >= 11 is 0. The fourth-order valence-electron chi connectivity index (χ4n) is 10.1. The lowest BCUT2D eigenvalue weighted by molar-refractivity contribution is -0.161. The lowest BCUT2D eigenvalue weighted by Crippen LogP contribution is -2.29. The Labute approximate surface area is 571 Å². The van der Waals surface area contributed by atoms with E-state index in [1.54, 1.807) is 0 Å². The second-order valence-electron chi connectivity index (χ2n) is 24.4. The Kier molecular flexibility index (Phi) is 72.6. The molecule has 0 heterocycles. The van der Waals surface area contributed by atoms with Gasteiger partial charge in [0.25, 0.3) is 0 Å². The van der Waals surface area contributed by atoms with E-state index < -0.39 is 26.5 Å². The molecule has 93 heavy (non-hydrogen) atoms. The molecule has 0 spiro atoms. The molecule has 3 N–H and O–H groups in total. The van der Waals surface area contributed by atoms with Crippen LogP contribution in [0.2, 0.25) is 0 Å². The van der Waals surface area contributed by atoms with Crippen molar-refractivity contribution in [2.45, 2.75) is 315 Å². The normalized spacial score (nSPS) is 13.9. The van der Waals surface area contributed by atoms with Crippen molar-refractivity contribution in [3.05, 3.63) is 170 Å². The van der Waals surface area contributed by atoms with Gasteiger partial charge in [-0.2, -0.15) is 0 Å². The first-order chi connectivity index (χ1) is 45.8. The fraction of sp³-hybridized carbons (Fsp3) is 0.639. The van der Waals surface area contributed by atoms with E-state index in [1.807, 2.05) is 0 Å². The van der Waals surface area contributed by atoms with Gasteiger partial charge in [-0.15, -0.1) is 0 Å². The average molecular weight is 1310 g/mol. The summed E-state index contributed by atoms with van der Waals surface area (Å²) in [5.74, 6) is -0.845. The molecule has 10 heteroatoms. The van der Waals surface area contributed by atoms with Gasteiger partial charge in [0, 0.05) is 19.4 Å². The third kappa shape index (κ3) is 76.3. The molecular formula is C83H138NO8P. The highest BCUT2D eigenvalue weighted by Crippen LogP contribution is 2.43. The molecule has 2 unspecified atom stereocenters. The monoisotopic (exact) mass is 1310 g/mol. The van der Waals surface area contributed by atoms with E-state index in [-0.39, 0.29) is 38.6 Å². The predicted octanol–water partition coefficient (Wildman–Crippen LogP) is 25.3. The quantitative estimate of drug-likeness (QED) is 0.0264. The smallest absolute Gasteiger partial charge is 0.462 e. The molecule has 0 aliphatic rings. The van der Waals surface area contributed by atoms with Crippen molar-refractivity contribution in [3.8, 4) is 0 Å². The van der Waals surface area contributed by atoms with Gasteiger partial charge in [0.05, 0.1) is 13.2 Å². The van der Waals surface area contributed by atoms with Gasteiger partial charge in [-0.05, 0) is 128 Å².